The fraction of sp³-hybridized carbons (Fsp3) is 0.600. The molecule has 1 aromatic rings. The molecule has 0 radical (unpaired) electrons. The number of rotatable bonds is 9. The van der Waals surface area contributed by atoms with E-state index in [1.54, 1.807) is 19.0 Å². The van der Waals surface area contributed by atoms with Crippen LogP contribution in [0.5, 0.6) is 5.75 Å². The molecule has 0 unspecified atom stereocenters. The first-order valence-electron chi connectivity index (χ1n) is 9.28. The summed E-state index contributed by atoms with van der Waals surface area (Å²) >= 11 is 0. The van der Waals surface area contributed by atoms with Gasteiger partial charge in [0, 0.05) is 26.2 Å². The molecule has 0 aromatic heterocycles. The minimum absolute atomic E-state index is 0. The van der Waals surface area contributed by atoms with Gasteiger partial charge in [-0.05, 0) is 37.8 Å². The molecule has 1 rings (SSSR count). The van der Waals surface area contributed by atoms with Gasteiger partial charge in [-0.25, -0.2) is 4.99 Å². The van der Waals surface area contributed by atoms with Crippen LogP contribution in [0, 0.1) is 12.8 Å². The van der Waals surface area contributed by atoms with Gasteiger partial charge in [-0.3, -0.25) is 4.79 Å². The summed E-state index contributed by atoms with van der Waals surface area (Å²) in [6.07, 6.45) is 1.02. The molecule has 6 nitrogen and oxygen atoms in total. The Hall–Kier alpha value is -1.51. The minimum atomic E-state index is 0. The van der Waals surface area contributed by atoms with Crippen molar-refractivity contribution in [3.05, 3.63) is 29.3 Å². The number of benzene rings is 1. The number of ether oxygens (including phenoxy) is 1. The van der Waals surface area contributed by atoms with Crippen LogP contribution in [0.15, 0.2) is 23.2 Å². The lowest BCUT2D eigenvalue weighted by Crippen LogP contribution is -2.42. The molecule has 0 heterocycles. The Morgan fingerprint density at radius 3 is 2.56 bits per heavy atom. The summed E-state index contributed by atoms with van der Waals surface area (Å²) in [5.74, 6) is 2.12. The average Bonchev–Trinajstić information content (AvgIpc) is 2.57. The van der Waals surface area contributed by atoms with E-state index in [-0.39, 0.29) is 36.4 Å². The Kier molecular flexibility index (Phi) is 12.9. The van der Waals surface area contributed by atoms with Crippen molar-refractivity contribution in [2.24, 2.45) is 10.9 Å². The number of nitrogens with zero attached hydrogens (tertiary/aromatic N) is 2. The van der Waals surface area contributed by atoms with Gasteiger partial charge in [0.1, 0.15) is 5.75 Å². The first-order chi connectivity index (χ1) is 12.3. The summed E-state index contributed by atoms with van der Waals surface area (Å²) in [5.41, 5.74) is 2.20. The maximum Gasteiger partial charge on any atom is 0.241 e. The van der Waals surface area contributed by atoms with Crippen molar-refractivity contribution in [2.75, 3.05) is 33.8 Å². The molecule has 0 aliphatic heterocycles. The Balaban J connectivity index is 0.00000676. The molecule has 0 spiro atoms. The van der Waals surface area contributed by atoms with Crippen molar-refractivity contribution in [1.29, 1.82) is 0 Å². The standard InChI is InChI=1S/C20H34N4O2.HI/c1-7-21-20(23-14-19(25)24(5)6)22-13-17-9-8-16(4)12-18(17)26-11-10-15(2)3;/h8-9,12,15H,7,10-11,13-14H2,1-6H3,(H2,21,22,23);1H. The Morgan fingerprint density at radius 2 is 1.96 bits per heavy atom. The zero-order chi connectivity index (χ0) is 19.5. The fourth-order valence-electron chi connectivity index (χ4n) is 2.15. The highest BCUT2D eigenvalue weighted by Crippen LogP contribution is 2.22. The van der Waals surface area contributed by atoms with Crippen LogP contribution < -0.4 is 15.4 Å². The Labute approximate surface area is 181 Å². The van der Waals surface area contributed by atoms with Gasteiger partial charge >= 0.3 is 0 Å². The zero-order valence-electron chi connectivity index (χ0n) is 17.5. The molecule has 2 N–H and O–H groups in total. The molecule has 0 saturated heterocycles. The summed E-state index contributed by atoms with van der Waals surface area (Å²) in [4.78, 5) is 17.9. The van der Waals surface area contributed by atoms with E-state index in [0.29, 0.717) is 25.0 Å². The SMILES string of the molecule is CCNC(=NCc1ccc(C)cc1OCCC(C)C)NCC(=O)N(C)C.I. The highest BCUT2D eigenvalue weighted by Gasteiger charge is 2.08. The second kappa shape index (κ2) is 13.6. The smallest absolute Gasteiger partial charge is 0.241 e. The molecule has 0 fully saturated rings. The second-order valence-electron chi connectivity index (χ2n) is 6.98. The number of hydrogen-bond acceptors (Lipinski definition) is 3. The summed E-state index contributed by atoms with van der Waals surface area (Å²) < 4.78 is 5.98. The van der Waals surface area contributed by atoms with Crippen LogP contribution in [0.25, 0.3) is 0 Å². The van der Waals surface area contributed by atoms with Gasteiger partial charge in [-0.15, -0.1) is 24.0 Å². The van der Waals surface area contributed by atoms with Gasteiger partial charge in [0.2, 0.25) is 5.91 Å². The zero-order valence-corrected chi connectivity index (χ0v) is 19.8. The summed E-state index contributed by atoms with van der Waals surface area (Å²) in [6.45, 7) is 10.6. The van der Waals surface area contributed by atoms with Gasteiger partial charge in [0.05, 0.1) is 19.7 Å². The first-order valence-corrected chi connectivity index (χ1v) is 9.28. The lowest BCUT2D eigenvalue weighted by molar-refractivity contribution is -0.127. The Bertz CT molecular complexity index is 604. The molecule has 0 saturated carbocycles. The lowest BCUT2D eigenvalue weighted by atomic mass is 10.1. The van der Waals surface area contributed by atoms with Crippen LogP contribution in [-0.2, 0) is 11.3 Å². The van der Waals surface area contributed by atoms with Crippen LogP contribution >= 0.6 is 24.0 Å². The van der Waals surface area contributed by atoms with Crippen LogP contribution in [0.3, 0.4) is 0 Å². The van der Waals surface area contributed by atoms with Gasteiger partial charge in [0.15, 0.2) is 5.96 Å². The number of carbonyl (C=O) groups excluding carboxylic acids is 1. The number of guanidine groups is 1. The molecule has 7 heteroatoms. The van der Waals surface area contributed by atoms with Crippen molar-refractivity contribution in [3.63, 3.8) is 0 Å². The third kappa shape index (κ3) is 10.4. The van der Waals surface area contributed by atoms with Crippen molar-refractivity contribution in [1.82, 2.24) is 15.5 Å². The predicted octanol–water partition coefficient (Wildman–Crippen LogP) is 3.18. The summed E-state index contributed by atoms with van der Waals surface area (Å²) in [7, 11) is 3.47. The van der Waals surface area contributed by atoms with Crippen molar-refractivity contribution < 1.29 is 9.53 Å². The number of carbonyl (C=O) groups is 1. The number of amides is 1. The van der Waals surface area contributed by atoms with Crippen molar-refractivity contribution >= 4 is 35.8 Å². The van der Waals surface area contributed by atoms with Crippen LogP contribution in [0.2, 0.25) is 0 Å². The number of likely N-dealkylation sites (N-methyl/N-ethyl adjacent to an activating group) is 1. The summed E-state index contributed by atoms with van der Waals surface area (Å²) in [6, 6.07) is 6.18. The summed E-state index contributed by atoms with van der Waals surface area (Å²) in [5, 5.41) is 6.23. The molecular formula is C20H35IN4O2. The van der Waals surface area contributed by atoms with Crippen LogP contribution in [-0.4, -0.2) is 50.6 Å². The third-order valence-corrected chi connectivity index (χ3v) is 3.83. The minimum Gasteiger partial charge on any atom is -0.493 e. The largest absolute Gasteiger partial charge is 0.493 e. The molecular weight excluding hydrogens is 455 g/mol. The average molecular weight is 490 g/mol. The Morgan fingerprint density at radius 1 is 1.26 bits per heavy atom. The number of nitrogens with one attached hydrogen (secondary N) is 2. The maximum atomic E-state index is 11.8. The highest BCUT2D eigenvalue weighted by atomic mass is 127. The van der Waals surface area contributed by atoms with E-state index in [2.05, 4.69) is 54.6 Å². The fourth-order valence-corrected chi connectivity index (χ4v) is 2.15. The molecule has 0 aliphatic rings. The monoisotopic (exact) mass is 490 g/mol. The van der Waals surface area contributed by atoms with Crippen LogP contribution in [0.1, 0.15) is 38.3 Å². The number of aliphatic imine (C=N–C) groups is 1. The first kappa shape index (κ1) is 25.5. The van der Waals surface area contributed by atoms with E-state index >= 15 is 0 Å². The van der Waals surface area contributed by atoms with E-state index in [0.717, 1.165) is 24.3 Å². The predicted molar refractivity (Wildman–Crippen MR) is 123 cm³/mol. The van der Waals surface area contributed by atoms with E-state index in [4.69, 9.17) is 4.74 Å². The number of hydrogen-bond donors (Lipinski definition) is 2. The molecule has 1 aromatic carbocycles. The molecule has 27 heavy (non-hydrogen) atoms. The third-order valence-electron chi connectivity index (χ3n) is 3.83. The topological polar surface area (TPSA) is 66.0 Å². The second-order valence-corrected chi connectivity index (χ2v) is 6.98. The van der Waals surface area contributed by atoms with E-state index in [1.165, 1.54) is 5.56 Å². The highest BCUT2D eigenvalue weighted by molar-refractivity contribution is 14.0. The molecule has 1 amide bonds. The van der Waals surface area contributed by atoms with Crippen molar-refractivity contribution in [2.45, 2.75) is 40.7 Å². The lowest BCUT2D eigenvalue weighted by Gasteiger charge is -2.15. The number of halogens is 1. The number of aryl methyl sites for hydroxylation is 1. The molecule has 0 atom stereocenters. The molecule has 154 valence electrons. The van der Waals surface area contributed by atoms with Gasteiger partial charge in [0.25, 0.3) is 0 Å². The van der Waals surface area contributed by atoms with Gasteiger partial charge in [-0.1, -0.05) is 26.0 Å². The van der Waals surface area contributed by atoms with E-state index < -0.39 is 0 Å². The van der Waals surface area contributed by atoms with E-state index in [1.807, 2.05) is 6.92 Å². The van der Waals surface area contributed by atoms with Crippen LogP contribution in [0.4, 0.5) is 0 Å². The maximum absolute atomic E-state index is 11.8. The quantitative estimate of drug-likeness (QED) is 0.317. The molecule has 0 aliphatic carbocycles. The molecule has 0 bridgehead atoms. The van der Waals surface area contributed by atoms with E-state index in [9.17, 15) is 4.79 Å². The van der Waals surface area contributed by atoms with Crippen molar-refractivity contribution in [3.8, 4) is 5.75 Å². The van der Waals surface area contributed by atoms with Gasteiger partial charge in [-0.2, -0.15) is 0 Å². The van der Waals surface area contributed by atoms with Gasteiger partial charge < -0.3 is 20.3 Å². The normalized spacial score (nSPS) is 11.0.